The number of nitrogens with two attached hydrogens (primary N) is 1. The van der Waals surface area contributed by atoms with Crippen LogP contribution in [0.1, 0.15) is 5.56 Å². The number of hydrogen-bond donors (Lipinski definition) is 3. The van der Waals surface area contributed by atoms with Crippen molar-refractivity contribution < 1.29 is 4.92 Å². The minimum absolute atomic E-state index is 0.00505. The van der Waals surface area contributed by atoms with E-state index in [1.807, 2.05) is 13.0 Å². The average molecular weight is 295 g/mol. The number of aryl methyl sites for hydroxylation is 1. The Labute approximate surface area is 119 Å². The van der Waals surface area contributed by atoms with E-state index >= 15 is 0 Å². The predicted molar refractivity (Wildman–Crippen MR) is 76.0 cm³/mol. The maximum atomic E-state index is 11.1. The van der Waals surface area contributed by atoms with Gasteiger partial charge in [-0.1, -0.05) is 23.7 Å². The normalized spacial score (nSPS) is 10.2. The van der Waals surface area contributed by atoms with Crippen molar-refractivity contribution in [3.05, 3.63) is 45.2 Å². The molecule has 0 bridgehead atoms. The lowest BCUT2D eigenvalue weighted by molar-refractivity contribution is -0.383. The molecule has 0 aliphatic heterocycles. The molecule has 1 heterocycles. The van der Waals surface area contributed by atoms with Crippen molar-refractivity contribution in [3.63, 3.8) is 0 Å². The van der Waals surface area contributed by atoms with Crippen LogP contribution in [0.25, 0.3) is 0 Å². The topological polar surface area (TPSA) is 119 Å². The summed E-state index contributed by atoms with van der Waals surface area (Å²) in [6, 6.07) is 5.30. The Morgan fingerprint density at radius 1 is 1.35 bits per heavy atom. The van der Waals surface area contributed by atoms with Gasteiger partial charge in [0.25, 0.3) is 0 Å². The van der Waals surface area contributed by atoms with Crippen LogP contribution in [0.2, 0.25) is 5.02 Å². The molecule has 0 saturated heterocycles. The maximum absolute atomic E-state index is 11.1. The summed E-state index contributed by atoms with van der Waals surface area (Å²) in [5.41, 5.74) is 3.16. The number of halogens is 1. The van der Waals surface area contributed by atoms with Gasteiger partial charge in [0.05, 0.1) is 15.6 Å². The number of anilines is 3. The second-order valence-electron chi connectivity index (χ2n) is 3.88. The molecule has 9 heteroatoms. The Bertz CT molecular complexity index is 663. The van der Waals surface area contributed by atoms with E-state index in [0.717, 1.165) is 11.9 Å². The third-order valence-electron chi connectivity index (χ3n) is 2.59. The number of nitrogen functional groups attached to an aromatic ring is 1. The van der Waals surface area contributed by atoms with E-state index in [4.69, 9.17) is 17.4 Å². The third kappa shape index (κ3) is 2.60. The van der Waals surface area contributed by atoms with E-state index in [2.05, 4.69) is 20.7 Å². The number of nitro groups is 1. The summed E-state index contributed by atoms with van der Waals surface area (Å²) in [5.74, 6) is 5.12. The van der Waals surface area contributed by atoms with E-state index in [9.17, 15) is 10.1 Å². The summed E-state index contributed by atoms with van der Waals surface area (Å²) in [4.78, 5) is 18.0. The molecule has 0 unspecified atom stereocenters. The number of hydrazine groups is 1. The van der Waals surface area contributed by atoms with Gasteiger partial charge in [-0.15, -0.1) is 0 Å². The molecule has 0 saturated carbocycles. The summed E-state index contributed by atoms with van der Waals surface area (Å²) in [5, 5.41) is 14.4. The number of aromatic nitrogens is 2. The van der Waals surface area contributed by atoms with Crippen molar-refractivity contribution in [3.8, 4) is 0 Å². The van der Waals surface area contributed by atoms with Gasteiger partial charge in [-0.25, -0.2) is 15.8 Å². The lowest BCUT2D eigenvalue weighted by Crippen LogP contribution is -2.12. The Balaban J connectivity index is 2.48. The van der Waals surface area contributed by atoms with E-state index in [-0.39, 0.29) is 17.3 Å². The quantitative estimate of drug-likeness (QED) is 0.450. The molecule has 0 amide bonds. The smallest absolute Gasteiger partial charge is 0.333 e. The van der Waals surface area contributed by atoms with E-state index in [1.54, 1.807) is 12.1 Å². The highest BCUT2D eigenvalue weighted by atomic mass is 35.5. The fourth-order valence-electron chi connectivity index (χ4n) is 1.62. The Morgan fingerprint density at radius 2 is 2.05 bits per heavy atom. The van der Waals surface area contributed by atoms with E-state index in [0.29, 0.717) is 10.7 Å². The number of nitrogens with one attached hydrogen (secondary N) is 2. The molecule has 0 aliphatic carbocycles. The summed E-state index contributed by atoms with van der Waals surface area (Å²) in [6.45, 7) is 1.83. The molecule has 0 spiro atoms. The maximum Gasteiger partial charge on any atom is 0.354 e. The van der Waals surface area contributed by atoms with Gasteiger partial charge in [-0.05, 0) is 18.6 Å². The molecular formula is C11H11ClN6O2. The molecule has 2 rings (SSSR count). The van der Waals surface area contributed by atoms with Gasteiger partial charge in [-0.3, -0.25) is 10.1 Å². The standard InChI is InChI=1S/C11H11ClN6O2/c1-6-3-2-4-7(8(6)12)16-10-9(18(19)20)11(17-13)15-5-14-10/h2-5H,13H2,1H3,(H2,14,15,16,17). The van der Waals surface area contributed by atoms with Crippen molar-refractivity contribution in [1.82, 2.24) is 9.97 Å². The summed E-state index contributed by atoms with van der Waals surface area (Å²) in [7, 11) is 0. The number of nitrogens with zero attached hydrogens (tertiary/aromatic N) is 3. The van der Waals surface area contributed by atoms with E-state index < -0.39 is 4.92 Å². The van der Waals surface area contributed by atoms with Gasteiger partial charge in [-0.2, -0.15) is 0 Å². The molecule has 0 aliphatic rings. The van der Waals surface area contributed by atoms with Crippen LogP contribution in [-0.4, -0.2) is 14.9 Å². The molecule has 4 N–H and O–H groups in total. The molecule has 1 aromatic carbocycles. The molecule has 1 aromatic heterocycles. The van der Waals surface area contributed by atoms with Crippen LogP contribution >= 0.6 is 11.6 Å². The zero-order valence-electron chi connectivity index (χ0n) is 10.4. The largest absolute Gasteiger partial charge is 0.354 e. The number of hydrogen-bond acceptors (Lipinski definition) is 7. The first-order chi connectivity index (χ1) is 9.54. The SMILES string of the molecule is Cc1cccc(Nc2ncnc(NN)c2[N+](=O)[O-])c1Cl. The highest BCUT2D eigenvalue weighted by Crippen LogP contribution is 2.33. The zero-order valence-corrected chi connectivity index (χ0v) is 11.2. The van der Waals surface area contributed by atoms with Crippen molar-refractivity contribution in [2.24, 2.45) is 5.84 Å². The number of rotatable bonds is 4. The molecule has 104 valence electrons. The first-order valence-corrected chi connectivity index (χ1v) is 5.90. The van der Waals surface area contributed by atoms with Crippen molar-refractivity contribution in [2.75, 3.05) is 10.7 Å². The van der Waals surface area contributed by atoms with Crippen LogP contribution in [0.15, 0.2) is 24.5 Å². The van der Waals surface area contributed by atoms with Crippen LogP contribution in [0.3, 0.4) is 0 Å². The van der Waals surface area contributed by atoms with Gasteiger partial charge in [0.2, 0.25) is 11.6 Å². The molecule has 20 heavy (non-hydrogen) atoms. The van der Waals surface area contributed by atoms with Crippen molar-refractivity contribution >= 4 is 34.6 Å². The van der Waals surface area contributed by atoms with Gasteiger partial charge in [0, 0.05) is 0 Å². The van der Waals surface area contributed by atoms with Crippen LogP contribution in [0.4, 0.5) is 23.0 Å². The lowest BCUT2D eigenvalue weighted by Gasteiger charge is -2.10. The van der Waals surface area contributed by atoms with Gasteiger partial charge in [0.1, 0.15) is 6.33 Å². The minimum atomic E-state index is -0.624. The fourth-order valence-corrected chi connectivity index (χ4v) is 1.79. The zero-order chi connectivity index (χ0) is 14.7. The highest BCUT2D eigenvalue weighted by molar-refractivity contribution is 6.34. The first-order valence-electron chi connectivity index (χ1n) is 5.52. The predicted octanol–water partition coefficient (Wildman–Crippen LogP) is 2.38. The van der Waals surface area contributed by atoms with Gasteiger partial charge >= 0.3 is 5.69 Å². The monoisotopic (exact) mass is 294 g/mol. The van der Waals surface area contributed by atoms with Crippen molar-refractivity contribution in [1.29, 1.82) is 0 Å². The Morgan fingerprint density at radius 3 is 2.70 bits per heavy atom. The molecule has 0 radical (unpaired) electrons. The third-order valence-corrected chi connectivity index (χ3v) is 3.09. The molecule has 0 fully saturated rings. The van der Waals surface area contributed by atoms with Crippen LogP contribution in [0, 0.1) is 17.0 Å². The molecular weight excluding hydrogens is 284 g/mol. The Hall–Kier alpha value is -2.45. The average Bonchev–Trinajstić information content (AvgIpc) is 2.43. The number of benzene rings is 1. The van der Waals surface area contributed by atoms with Gasteiger partial charge in [0.15, 0.2) is 0 Å². The molecule has 8 nitrogen and oxygen atoms in total. The second kappa shape index (κ2) is 5.68. The van der Waals surface area contributed by atoms with Gasteiger partial charge < -0.3 is 10.7 Å². The molecule has 2 aromatic rings. The van der Waals surface area contributed by atoms with Crippen LogP contribution in [-0.2, 0) is 0 Å². The summed E-state index contributed by atoms with van der Waals surface area (Å²) < 4.78 is 0. The summed E-state index contributed by atoms with van der Waals surface area (Å²) >= 11 is 6.13. The minimum Gasteiger partial charge on any atom is -0.333 e. The van der Waals surface area contributed by atoms with Crippen molar-refractivity contribution in [2.45, 2.75) is 6.92 Å². The highest BCUT2D eigenvalue weighted by Gasteiger charge is 2.23. The molecule has 0 atom stereocenters. The first kappa shape index (κ1) is 14.0. The summed E-state index contributed by atoms with van der Waals surface area (Å²) in [6.07, 6.45) is 1.16. The van der Waals surface area contributed by atoms with E-state index in [1.165, 1.54) is 0 Å². The fraction of sp³-hybridized carbons (Fsp3) is 0.0909. The Kier molecular flexibility index (Phi) is 3.97. The second-order valence-corrected chi connectivity index (χ2v) is 4.26. The van der Waals surface area contributed by atoms with Crippen LogP contribution < -0.4 is 16.6 Å². The lowest BCUT2D eigenvalue weighted by atomic mass is 10.2. The van der Waals surface area contributed by atoms with Crippen LogP contribution in [0.5, 0.6) is 0 Å².